The molecule has 0 radical (unpaired) electrons. The third-order valence-electron chi connectivity index (χ3n) is 5.28. The van der Waals surface area contributed by atoms with Gasteiger partial charge in [0.15, 0.2) is 0 Å². The largest absolute Gasteiger partial charge is 0.383 e. The smallest absolute Gasteiger partial charge is 0.272 e. The van der Waals surface area contributed by atoms with Crippen LogP contribution in [0, 0.1) is 5.41 Å². The highest BCUT2D eigenvalue weighted by Crippen LogP contribution is 2.26. The number of carbonyl (C=O) groups is 2. The Morgan fingerprint density at radius 1 is 1.18 bits per heavy atom. The number of morpholine rings is 1. The molecule has 3 N–H and O–H groups in total. The molecule has 10 heteroatoms. The van der Waals surface area contributed by atoms with E-state index in [1.54, 1.807) is 21.6 Å². The number of halogens is 1. The third-order valence-corrected chi connectivity index (χ3v) is 5.58. The van der Waals surface area contributed by atoms with Gasteiger partial charge >= 0.3 is 0 Å². The van der Waals surface area contributed by atoms with Crippen LogP contribution in [0.1, 0.15) is 0 Å². The van der Waals surface area contributed by atoms with Gasteiger partial charge in [-0.15, -0.1) is 0 Å². The van der Waals surface area contributed by atoms with Crippen molar-refractivity contribution < 1.29 is 14.3 Å². The molecule has 1 aliphatic rings. The van der Waals surface area contributed by atoms with Crippen molar-refractivity contribution in [3.8, 4) is 11.3 Å². The van der Waals surface area contributed by atoms with Gasteiger partial charge in [0, 0.05) is 50.4 Å². The van der Waals surface area contributed by atoms with Crippen LogP contribution in [0.3, 0.4) is 0 Å². The number of hydrogen-bond donors (Lipinski definition) is 3. The third kappa shape index (κ3) is 4.74. The number of nitrogens with one attached hydrogen (secondary N) is 3. The monoisotopic (exact) mass is 466 g/mol. The van der Waals surface area contributed by atoms with Crippen LogP contribution in [0.4, 0.5) is 5.69 Å². The maximum atomic E-state index is 13.0. The molecule has 1 aliphatic heterocycles. The average Bonchev–Trinajstić information content (AvgIpc) is 3.26. The zero-order valence-corrected chi connectivity index (χ0v) is 18.7. The number of hydrogen-bond acceptors (Lipinski definition) is 6. The first kappa shape index (κ1) is 22.5. The van der Waals surface area contributed by atoms with Gasteiger partial charge in [-0.2, -0.15) is 0 Å². The highest BCUT2D eigenvalue weighted by molar-refractivity contribution is 6.34. The van der Waals surface area contributed by atoms with E-state index in [9.17, 15) is 9.59 Å². The Balaban J connectivity index is 1.62. The van der Waals surface area contributed by atoms with Gasteiger partial charge in [0.25, 0.3) is 11.8 Å². The Morgan fingerprint density at radius 3 is 2.58 bits per heavy atom. The molecule has 1 aromatic carbocycles. The maximum absolute atomic E-state index is 13.0. The minimum absolute atomic E-state index is 0.0225. The molecule has 170 valence electrons. The number of fused-ring (bicyclic) bond motifs is 1. The van der Waals surface area contributed by atoms with Crippen molar-refractivity contribution in [3.63, 3.8) is 0 Å². The van der Waals surface area contributed by atoms with E-state index < -0.39 is 11.8 Å². The summed E-state index contributed by atoms with van der Waals surface area (Å²) in [4.78, 5) is 32.1. The van der Waals surface area contributed by atoms with Gasteiger partial charge in [0.05, 0.1) is 35.2 Å². The molecule has 0 aliphatic carbocycles. The van der Waals surface area contributed by atoms with Crippen molar-refractivity contribution in [2.45, 2.75) is 0 Å². The predicted octanol–water partition coefficient (Wildman–Crippen LogP) is 2.58. The van der Waals surface area contributed by atoms with Crippen LogP contribution in [0.15, 0.2) is 60.1 Å². The van der Waals surface area contributed by atoms with Crippen molar-refractivity contribution in [2.75, 3.05) is 38.7 Å². The lowest BCUT2D eigenvalue weighted by atomic mass is 10.1. The van der Waals surface area contributed by atoms with Gasteiger partial charge in [0.1, 0.15) is 11.3 Å². The van der Waals surface area contributed by atoms with Gasteiger partial charge < -0.3 is 30.1 Å². The van der Waals surface area contributed by atoms with Crippen molar-refractivity contribution in [1.29, 1.82) is 5.41 Å². The molecule has 0 bridgehead atoms. The molecule has 0 spiro atoms. The second kappa shape index (κ2) is 9.85. The van der Waals surface area contributed by atoms with Crippen LogP contribution in [0.5, 0.6) is 0 Å². The SMILES string of the molecule is CN/C(C(=O)Nc1cc2nc(-c3ccccc3)cn2cc1Cl)=C(\C=N)C(=O)N1CCOCC1. The van der Waals surface area contributed by atoms with Crippen LogP contribution >= 0.6 is 11.6 Å². The Morgan fingerprint density at radius 2 is 1.91 bits per heavy atom. The van der Waals surface area contributed by atoms with E-state index in [1.807, 2.05) is 36.5 Å². The number of carbonyl (C=O) groups excluding carboxylic acids is 2. The number of anilines is 1. The fourth-order valence-corrected chi connectivity index (χ4v) is 3.79. The van der Waals surface area contributed by atoms with Gasteiger partial charge in [-0.1, -0.05) is 41.9 Å². The molecule has 9 nitrogen and oxygen atoms in total. The van der Waals surface area contributed by atoms with Crippen LogP contribution in [-0.2, 0) is 14.3 Å². The number of imidazole rings is 1. The van der Waals surface area contributed by atoms with Crippen molar-refractivity contribution in [1.82, 2.24) is 19.6 Å². The normalized spacial score (nSPS) is 14.5. The van der Waals surface area contributed by atoms with Crippen LogP contribution in [0.25, 0.3) is 16.9 Å². The molecule has 0 atom stereocenters. The number of likely N-dealkylation sites (N-methyl/N-ethyl adjacent to an activating group) is 1. The predicted molar refractivity (Wildman–Crippen MR) is 127 cm³/mol. The molecule has 2 amide bonds. The standard InChI is InChI=1S/C23H23ClN6O3/c1-26-21(16(12-25)23(32)29-7-9-33-10-8-29)22(31)28-18-11-20-27-19(14-30(20)13-17(18)24)15-5-3-2-4-6-15/h2-6,11-14,25-26H,7-10H2,1H3,(H,28,31)/b21-16+,25-12?. The molecule has 0 saturated carbocycles. The van der Waals surface area contributed by atoms with E-state index in [2.05, 4.69) is 15.6 Å². The van der Waals surface area contributed by atoms with Crippen LogP contribution < -0.4 is 10.6 Å². The summed E-state index contributed by atoms with van der Waals surface area (Å²) >= 11 is 6.41. The minimum atomic E-state index is -0.585. The van der Waals surface area contributed by atoms with E-state index in [1.165, 1.54) is 7.05 Å². The van der Waals surface area contributed by atoms with Gasteiger partial charge in [-0.05, 0) is 0 Å². The Bertz CT molecular complexity index is 1230. The Kier molecular flexibility index (Phi) is 6.71. The fraction of sp³-hybridized carbons (Fsp3) is 0.217. The number of rotatable bonds is 6. The molecular formula is C23H23ClN6O3. The molecule has 3 aromatic rings. The highest BCUT2D eigenvalue weighted by atomic mass is 35.5. The average molecular weight is 467 g/mol. The number of benzene rings is 1. The zero-order chi connectivity index (χ0) is 23.4. The van der Waals surface area contributed by atoms with Gasteiger partial charge in [0.2, 0.25) is 0 Å². The molecule has 1 fully saturated rings. The molecule has 1 saturated heterocycles. The molecule has 2 aromatic heterocycles. The second-order valence-electron chi connectivity index (χ2n) is 7.33. The van der Waals surface area contributed by atoms with Crippen molar-refractivity contribution in [3.05, 3.63) is 65.1 Å². The fourth-order valence-electron chi connectivity index (χ4n) is 3.58. The van der Waals surface area contributed by atoms with Crippen molar-refractivity contribution in [2.24, 2.45) is 0 Å². The minimum Gasteiger partial charge on any atom is -0.383 e. The Hall–Kier alpha value is -3.69. The number of nitrogens with zero attached hydrogens (tertiary/aromatic N) is 3. The summed E-state index contributed by atoms with van der Waals surface area (Å²) in [7, 11) is 1.52. The summed E-state index contributed by atoms with van der Waals surface area (Å²) < 4.78 is 7.05. The zero-order valence-electron chi connectivity index (χ0n) is 18.0. The van der Waals surface area contributed by atoms with Crippen molar-refractivity contribution >= 4 is 41.0 Å². The summed E-state index contributed by atoms with van der Waals surface area (Å²) in [6.45, 7) is 1.65. The lowest BCUT2D eigenvalue weighted by molar-refractivity contribution is -0.130. The molecule has 0 unspecified atom stereocenters. The quantitative estimate of drug-likeness (QED) is 0.382. The summed E-state index contributed by atoms with van der Waals surface area (Å²) in [6, 6.07) is 11.4. The number of aromatic nitrogens is 2. The molecule has 33 heavy (non-hydrogen) atoms. The molecule has 4 rings (SSSR count). The summed E-state index contributed by atoms with van der Waals surface area (Å²) in [5, 5.41) is 13.5. The first-order valence-electron chi connectivity index (χ1n) is 10.4. The Labute approximate surface area is 195 Å². The van der Waals surface area contributed by atoms with Crippen LogP contribution in [-0.4, -0.2) is 65.7 Å². The lowest BCUT2D eigenvalue weighted by Gasteiger charge is -2.27. The second-order valence-corrected chi connectivity index (χ2v) is 7.74. The van der Waals surface area contributed by atoms with E-state index >= 15 is 0 Å². The first-order chi connectivity index (χ1) is 16.0. The topological polar surface area (TPSA) is 112 Å². The summed E-state index contributed by atoms with van der Waals surface area (Å²) in [5.74, 6) is -0.992. The molecule has 3 heterocycles. The number of pyridine rings is 1. The number of ether oxygens (including phenoxy) is 1. The number of amides is 2. The summed E-state index contributed by atoms with van der Waals surface area (Å²) in [5.41, 5.74) is 2.61. The maximum Gasteiger partial charge on any atom is 0.272 e. The van der Waals surface area contributed by atoms with Crippen LogP contribution in [0.2, 0.25) is 5.02 Å². The van der Waals surface area contributed by atoms with E-state index in [-0.39, 0.29) is 11.3 Å². The van der Waals surface area contributed by atoms with E-state index in [4.69, 9.17) is 21.7 Å². The van der Waals surface area contributed by atoms with Gasteiger partial charge in [-0.3, -0.25) is 9.59 Å². The van der Waals surface area contributed by atoms with E-state index in [0.717, 1.165) is 17.5 Å². The summed E-state index contributed by atoms with van der Waals surface area (Å²) in [6.07, 6.45) is 4.40. The molecular weight excluding hydrogens is 444 g/mol. The lowest BCUT2D eigenvalue weighted by Crippen LogP contribution is -2.43. The highest BCUT2D eigenvalue weighted by Gasteiger charge is 2.25. The van der Waals surface area contributed by atoms with E-state index in [0.29, 0.717) is 42.7 Å². The van der Waals surface area contributed by atoms with Gasteiger partial charge in [-0.25, -0.2) is 4.98 Å². The first-order valence-corrected chi connectivity index (χ1v) is 10.7.